The van der Waals surface area contributed by atoms with E-state index >= 15 is 0 Å². The van der Waals surface area contributed by atoms with Crippen LogP contribution in [0.25, 0.3) is 0 Å². The second-order valence-corrected chi connectivity index (χ2v) is 10.4. The monoisotopic (exact) mass is 487 g/mol. The standard InChI is InChI=1S/C15H24B3N2O8P2S/c1-9-19-3-4-20(9)30(21,22)24-8-13-10(5-14(16)25-13)27-29(2)23-7-12-11(28-31)6-15(18-17)26-12/h3-4,10-15,31H,5-8H2,1-2H3,(H,21,22). The molecule has 1 aromatic heterocycles. The van der Waals surface area contributed by atoms with Crippen molar-refractivity contribution in [2.45, 2.75) is 56.2 Å². The van der Waals surface area contributed by atoms with Gasteiger partial charge in [0.2, 0.25) is 0 Å². The Kier molecular flexibility index (Phi) is 9.56. The highest BCUT2D eigenvalue weighted by Gasteiger charge is 2.39. The van der Waals surface area contributed by atoms with Crippen molar-refractivity contribution in [1.82, 2.24) is 9.32 Å². The molecule has 10 nitrogen and oxygen atoms in total. The molecule has 5 radical (unpaired) electrons. The molecule has 167 valence electrons. The van der Waals surface area contributed by atoms with Crippen LogP contribution in [0.4, 0.5) is 0 Å². The van der Waals surface area contributed by atoms with Crippen LogP contribution in [-0.2, 0) is 31.8 Å². The first kappa shape index (κ1) is 25.8. The van der Waals surface area contributed by atoms with Gasteiger partial charge in [0.05, 0.1) is 26.5 Å². The molecule has 31 heavy (non-hydrogen) atoms. The van der Waals surface area contributed by atoms with E-state index < -0.39 is 34.3 Å². The number of thiol groups is 1. The first-order chi connectivity index (χ1) is 14.7. The van der Waals surface area contributed by atoms with Crippen LogP contribution in [0.5, 0.6) is 0 Å². The van der Waals surface area contributed by atoms with Crippen molar-refractivity contribution in [3.8, 4) is 0 Å². The first-order valence-corrected chi connectivity index (χ1v) is 13.2. The van der Waals surface area contributed by atoms with E-state index in [1.165, 1.54) is 19.6 Å². The minimum absolute atomic E-state index is 0.178. The Balaban J connectivity index is 1.49. The van der Waals surface area contributed by atoms with Gasteiger partial charge >= 0.3 is 7.75 Å². The van der Waals surface area contributed by atoms with E-state index in [9.17, 15) is 9.46 Å². The van der Waals surface area contributed by atoms with Crippen LogP contribution in [-0.4, -0.2) is 93.3 Å². The predicted octanol–water partition coefficient (Wildman–Crippen LogP) is 0.916. The molecule has 1 aromatic rings. The van der Waals surface area contributed by atoms with Crippen molar-refractivity contribution in [3.63, 3.8) is 0 Å². The van der Waals surface area contributed by atoms with Crippen molar-refractivity contribution in [1.29, 1.82) is 0 Å². The van der Waals surface area contributed by atoms with Gasteiger partial charge in [0, 0.05) is 38.8 Å². The van der Waals surface area contributed by atoms with Gasteiger partial charge in [-0.1, -0.05) is 0 Å². The van der Waals surface area contributed by atoms with Crippen LogP contribution in [0.1, 0.15) is 18.7 Å². The lowest BCUT2D eigenvalue weighted by Gasteiger charge is -2.25. The molecule has 0 amide bonds. The highest BCUT2D eigenvalue weighted by molar-refractivity contribution is 7.75. The van der Waals surface area contributed by atoms with Gasteiger partial charge in [-0.15, -0.1) is 0 Å². The number of nitrogens with zero attached hydrogens (tertiary/aromatic N) is 2. The molecule has 0 aliphatic carbocycles. The van der Waals surface area contributed by atoms with Crippen LogP contribution < -0.4 is 0 Å². The Morgan fingerprint density at radius 3 is 2.77 bits per heavy atom. The molecular formula is C15H24B3N2O8P2S. The third-order valence-electron chi connectivity index (χ3n) is 4.99. The molecule has 0 aromatic carbocycles. The fraction of sp³-hybridized carbons (Fsp3) is 0.800. The zero-order chi connectivity index (χ0) is 22.6. The second kappa shape index (κ2) is 11.5. The number of aromatic nitrogens is 2. The van der Waals surface area contributed by atoms with E-state index in [1.807, 2.05) is 0 Å². The Labute approximate surface area is 192 Å². The molecule has 8 atom stereocenters. The first-order valence-electron chi connectivity index (χ1n) is 9.66. The van der Waals surface area contributed by atoms with Gasteiger partial charge in [-0.3, -0.25) is 4.52 Å². The molecule has 1 N–H and O–H groups in total. The zero-order valence-electron chi connectivity index (χ0n) is 17.2. The van der Waals surface area contributed by atoms with E-state index in [1.54, 1.807) is 13.6 Å². The fourth-order valence-corrected chi connectivity index (χ4v) is 5.76. The lowest BCUT2D eigenvalue weighted by Crippen LogP contribution is -2.29. The number of hydrogen-bond donors (Lipinski definition) is 2. The van der Waals surface area contributed by atoms with Gasteiger partial charge < -0.3 is 27.6 Å². The largest absolute Gasteiger partial charge is 0.437 e. The Morgan fingerprint density at radius 1 is 1.39 bits per heavy atom. The van der Waals surface area contributed by atoms with Gasteiger partial charge in [-0.05, 0) is 32.7 Å². The lowest BCUT2D eigenvalue weighted by atomic mass is 9.51. The maximum atomic E-state index is 12.5. The second-order valence-electron chi connectivity index (χ2n) is 7.22. The topological polar surface area (TPSA) is 110 Å². The van der Waals surface area contributed by atoms with Crippen molar-refractivity contribution >= 4 is 51.8 Å². The summed E-state index contributed by atoms with van der Waals surface area (Å²) < 4.78 is 47.1. The molecule has 0 spiro atoms. The Hall–Kier alpha value is 0.135. The zero-order valence-corrected chi connectivity index (χ0v) is 19.9. The average Bonchev–Trinajstić information content (AvgIpc) is 3.43. The summed E-state index contributed by atoms with van der Waals surface area (Å²) >= 11 is 3.88. The summed E-state index contributed by atoms with van der Waals surface area (Å²) in [6.45, 7) is 3.46. The maximum absolute atomic E-state index is 12.5. The maximum Gasteiger partial charge on any atom is 0.437 e. The van der Waals surface area contributed by atoms with E-state index in [4.69, 9.17) is 42.8 Å². The molecule has 2 saturated heterocycles. The fourth-order valence-electron chi connectivity index (χ4n) is 3.41. The lowest BCUT2D eigenvalue weighted by molar-refractivity contribution is -0.00225. The normalized spacial score (nSPS) is 33.9. The molecule has 2 fully saturated rings. The molecule has 3 rings (SSSR count). The van der Waals surface area contributed by atoms with Crippen LogP contribution in [0.15, 0.2) is 12.4 Å². The van der Waals surface area contributed by atoms with Crippen molar-refractivity contribution in [2.24, 2.45) is 0 Å². The summed E-state index contributed by atoms with van der Waals surface area (Å²) in [5.74, 6) is 0.361. The summed E-state index contributed by atoms with van der Waals surface area (Å²) in [6, 6.07) is -0.790. The third kappa shape index (κ3) is 6.82. The molecule has 3 heterocycles. The summed E-state index contributed by atoms with van der Waals surface area (Å²) in [7, 11) is 7.46. The number of imidazole rings is 1. The Morgan fingerprint density at radius 2 is 2.13 bits per heavy atom. The van der Waals surface area contributed by atoms with E-state index in [2.05, 4.69) is 17.9 Å². The number of hydrogen-bond acceptors (Lipinski definition) is 9. The summed E-state index contributed by atoms with van der Waals surface area (Å²) in [5.41, 5.74) is 0. The number of rotatable bonds is 11. The third-order valence-corrected chi connectivity index (χ3v) is 7.80. The van der Waals surface area contributed by atoms with Crippen LogP contribution >= 0.6 is 29.0 Å². The van der Waals surface area contributed by atoms with Gasteiger partial charge in [0.25, 0.3) is 0 Å². The smallest absolute Gasteiger partial charge is 0.380 e. The summed E-state index contributed by atoms with van der Waals surface area (Å²) in [5, 5.41) is 0. The van der Waals surface area contributed by atoms with Crippen LogP contribution in [0.3, 0.4) is 0 Å². The number of ether oxygens (including phenoxy) is 2. The molecule has 2 aliphatic heterocycles. The SMILES string of the molecule is [B][B]C1CC(OS)C(COP(C)OC2CC([B])OC2COP(=O)(O)n2ccnc2C)O1. The van der Waals surface area contributed by atoms with E-state index in [0.29, 0.717) is 18.7 Å². The molecule has 16 heteroatoms. The van der Waals surface area contributed by atoms with Gasteiger partial charge in [-0.25, -0.2) is 13.9 Å². The molecule has 8 unspecified atom stereocenters. The van der Waals surface area contributed by atoms with Crippen molar-refractivity contribution in [2.75, 3.05) is 19.9 Å². The van der Waals surface area contributed by atoms with Gasteiger partial charge in [-0.2, -0.15) is 0 Å². The number of aryl methyl sites for hydroxylation is 1. The highest BCUT2D eigenvalue weighted by Crippen LogP contribution is 2.46. The molecule has 0 bridgehead atoms. The molecule has 0 saturated carbocycles. The highest BCUT2D eigenvalue weighted by atomic mass is 32.1. The predicted molar refractivity (Wildman–Crippen MR) is 119 cm³/mol. The van der Waals surface area contributed by atoms with Gasteiger partial charge in [0.15, 0.2) is 8.38 Å². The van der Waals surface area contributed by atoms with Crippen LogP contribution in [0.2, 0.25) is 0 Å². The van der Waals surface area contributed by atoms with Crippen molar-refractivity contribution < 1.29 is 36.7 Å². The van der Waals surface area contributed by atoms with E-state index in [0.717, 1.165) is 4.34 Å². The summed E-state index contributed by atoms with van der Waals surface area (Å²) in [4.78, 5) is 14.1. The minimum atomic E-state index is -4.11. The summed E-state index contributed by atoms with van der Waals surface area (Å²) in [6.07, 6.45) is 2.14. The van der Waals surface area contributed by atoms with Gasteiger partial charge in [0.1, 0.15) is 32.0 Å². The quantitative estimate of drug-likeness (QED) is 0.204. The molecular weight excluding hydrogens is 463 g/mol. The Bertz CT molecular complexity index is 768. The molecule has 2 aliphatic rings. The van der Waals surface area contributed by atoms with E-state index in [-0.39, 0.29) is 31.4 Å². The van der Waals surface area contributed by atoms with Crippen molar-refractivity contribution in [3.05, 3.63) is 18.2 Å². The minimum Gasteiger partial charge on any atom is -0.380 e. The average molecular weight is 487 g/mol. The van der Waals surface area contributed by atoms with Crippen LogP contribution in [0, 0.1) is 6.92 Å².